The summed E-state index contributed by atoms with van der Waals surface area (Å²) in [5, 5.41) is 6.52. The molecule has 108 valence electrons. The molecule has 0 saturated carbocycles. The van der Waals surface area contributed by atoms with E-state index in [-0.39, 0.29) is 12.5 Å². The lowest BCUT2D eigenvalue weighted by molar-refractivity contribution is -0.131. The van der Waals surface area contributed by atoms with Crippen LogP contribution in [0.2, 0.25) is 0 Å². The van der Waals surface area contributed by atoms with Gasteiger partial charge in [-0.05, 0) is 25.0 Å². The third kappa shape index (κ3) is 2.08. The van der Waals surface area contributed by atoms with Crippen LogP contribution in [0.1, 0.15) is 23.7 Å². The highest BCUT2D eigenvalue weighted by molar-refractivity contribution is 6.07. The van der Waals surface area contributed by atoms with Crippen molar-refractivity contribution in [2.24, 2.45) is 0 Å². The van der Waals surface area contributed by atoms with E-state index in [1.54, 1.807) is 13.0 Å². The second kappa shape index (κ2) is 4.73. The molecular weight excluding hydrogens is 270 g/mol. The first-order valence-electron chi connectivity index (χ1n) is 6.62. The Morgan fingerprint density at radius 2 is 2.05 bits per heavy atom. The largest absolute Gasteiger partial charge is 0.364 e. The lowest BCUT2D eigenvalue weighted by atomic mass is 9.88. The summed E-state index contributed by atoms with van der Waals surface area (Å²) in [6, 6.07) is 8.73. The minimum Gasteiger partial charge on any atom is -0.364 e. The number of rotatable bonds is 3. The Hall–Kier alpha value is -2.63. The van der Waals surface area contributed by atoms with E-state index >= 15 is 0 Å². The maximum absolute atomic E-state index is 12.7. The fraction of sp³-hybridized carbons (Fsp3) is 0.267. The van der Waals surface area contributed by atoms with E-state index in [0.29, 0.717) is 5.69 Å². The smallest absolute Gasteiger partial charge is 0.325 e. The molecule has 1 N–H and O–H groups in total. The van der Waals surface area contributed by atoms with Crippen molar-refractivity contribution in [1.29, 1.82) is 0 Å². The molecule has 1 fully saturated rings. The Morgan fingerprint density at radius 3 is 2.71 bits per heavy atom. The summed E-state index contributed by atoms with van der Waals surface area (Å²) in [7, 11) is 0. The summed E-state index contributed by atoms with van der Waals surface area (Å²) in [6.07, 6.45) is 1.41. The summed E-state index contributed by atoms with van der Waals surface area (Å²) < 4.78 is 4.73. The SMILES string of the molecule is Cc1ccccc1C1(C)NC(=O)N(Cc2ccon2)C1=O. The number of imide groups is 1. The van der Waals surface area contributed by atoms with Gasteiger partial charge in [0.25, 0.3) is 5.91 Å². The van der Waals surface area contributed by atoms with E-state index in [2.05, 4.69) is 10.5 Å². The molecule has 1 unspecified atom stereocenters. The van der Waals surface area contributed by atoms with Crippen LogP contribution in [0.25, 0.3) is 0 Å². The molecule has 6 nitrogen and oxygen atoms in total. The number of urea groups is 1. The summed E-state index contributed by atoms with van der Waals surface area (Å²) in [6.45, 7) is 3.74. The van der Waals surface area contributed by atoms with Crippen LogP contribution in [0.3, 0.4) is 0 Å². The zero-order chi connectivity index (χ0) is 15.0. The normalized spacial score (nSPS) is 21.7. The predicted octanol–water partition coefficient (Wildman–Crippen LogP) is 1.95. The average Bonchev–Trinajstić information content (AvgIpc) is 3.03. The lowest BCUT2D eigenvalue weighted by Gasteiger charge is -2.24. The molecule has 3 rings (SSSR count). The number of aromatic nitrogens is 1. The van der Waals surface area contributed by atoms with Crippen LogP contribution in [0.5, 0.6) is 0 Å². The Bertz CT molecular complexity index is 696. The van der Waals surface area contributed by atoms with E-state index in [1.807, 2.05) is 31.2 Å². The van der Waals surface area contributed by atoms with Gasteiger partial charge in [-0.3, -0.25) is 9.69 Å². The van der Waals surface area contributed by atoms with E-state index in [1.165, 1.54) is 6.26 Å². The molecular formula is C15H15N3O3. The number of amides is 3. The minimum absolute atomic E-state index is 0.0998. The molecule has 0 bridgehead atoms. The lowest BCUT2D eigenvalue weighted by Crippen LogP contribution is -2.41. The summed E-state index contributed by atoms with van der Waals surface area (Å²) in [5.74, 6) is -0.287. The first-order chi connectivity index (χ1) is 10.0. The second-order valence-electron chi connectivity index (χ2n) is 5.25. The van der Waals surface area contributed by atoms with Crippen molar-refractivity contribution in [2.45, 2.75) is 25.9 Å². The molecule has 6 heteroatoms. The number of nitrogens with one attached hydrogen (secondary N) is 1. The van der Waals surface area contributed by atoms with Crippen LogP contribution in [0.15, 0.2) is 41.1 Å². The maximum atomic E-state index is 12.7. The van der Waals surface area contributed by atoms with Gasteiger partial charge in [-0.15, -0.1) is 0 Å². The topological polar surface area (TPSA) is 75.4 Å². The molecule has 21 heavy (non-hydrogen) atoms. The predicted molar refractivity (Wildman–Crippen MR) is 74.1 cm³/mol. The fourth-order valence-corrected chi connectivity index (χ4v) is 2.64. The van der Waals surface area contributed by atoms with Gasteiger partial charge in [0, 0.05) is 6.07 Å². The molecule has 1 saturated heterocycles. The molecule has 0 spiro atoms. The highest BCUT2D eigenvalue weighted by atomic mass is 16.5. The van der Waals surface area contributed by atoms with E-state index in [9.17, 15) is 9.59 Å². The van der Waals surface area contributed by atoms with Crippen LogP contribution >= 0.6 is 0 Å². The van der Waals surface area contributed by atoms with Crippen molar-refractivity contribution in [2.75, 3.05) is 0 Å². The van der Waals surface area contributed by atoms with Gasteiger partial charge >= 0.3 is 6.03 Å². The Morgan fingerprint density at radius 1 is 1.29 bits per heavy atom. The molecule has 2 heterocycles. The van der Waals surface area contributed by atoms with Gasteiger partial charge in [-0.25, -0.2) is 4.79 Å². The number of benzene rings is 1. The molecule has 1 aliphatic heterocycles. The van der Waals surface area contributed by atoms with Crippen molar-refractivity contribution in [3.8, 4) is 0 Å². The quantitative estimate of drug-likeness (QED) is 0.875. The summed E-state index contributed by atoms with van der Waals surface area (Å²) >= 11 is 0. The number of carbonyl (C=O) groups is 2. The maximum Gasteiger partial charge on any atom is 0.325 e. The van der Waals surface area contributed by atoms with Crippen LogP contribution < -0.4 is 5.32 Å². The number of nitrogens with zero attached hydrogens (tertiary/aromatic N) is 2. The molecule has 1 aromatic heterocycles. The van der Waals surface area contributed by atoms with Gasteiger partial charge in [0.15, 0.2) is 0 Å². The van der Waals surface area contributed by atoms with E-state index < -0.39 is 11.6 Å². The number of hydrogen-bond donors (Lipinski definition) is 1. The fourth-order valence-electron chi connectivity index (χ4n) is 2.64. The van der Waals surface area contributed by atoms with E-state index in [0.717, 1.165) is 16.0 Å². The number of aryl methyl sites for hydroxylation is 1. The van der Waals surface area contributed by atoms with Gasteiger partial charge in [0.05, 0.1) is 6.54 Å². The highest BCUT2D eigenvalue weighted by Gasteiger charge is 2.49. The Kier molecular flexibility index (Phi) is 3.01. The van der Waals surface area contributed by atoms with Crippen molar-refractivity contribution in [3.05, 3.63) is 53.4 Å². The van der Waals surface area contributed by atoms with Crippen LogP contribution in [0.4, 0.5) is 4.79 Å². The van der Waals surface area contributed by atoms with Gasteiger partial charge < -0.3 is 9.84 Å². The Balaban J connectivity index is 1.94. The average molecular weight is 285 g/mol. The highest BCUT2D eigenvalue weighted by Crippen LogP contribution is 2.31. The number of carbonyl (C=O) groups excluding carboxylic acids is 2. The monoisotopic (exact) mass is 285 g/mol. The van der Waals surface area contributed by atoms with Gasteiger partial charge in [0.1, 0.15) is 17.5 Å². The first kappa shape index (κ1) is 13.4. The van der Waals surface area contributed by atoms with Gasteiger partial charge in [0.2, 0.25) is 0 Å². The third-order valence-corrected chi connectivity index (χ3v) is 3.77. The summed E-state index contributed by atoms with van der Waals surface area (Å²) in [5.41, 5.74) is 1.24. The zero-order valence-corrected chi connectivity index (χ0v) is 11.8. The molecule has 1 aliphatic rings. The first-order valence-corrected chi connectivity index (χ1v) is 6.62. The van der Waals surface area contributed by atoms with Gasteiger partial charge in [-0.1, -0.05) is 29.4 Å². The van der Waals surface area contributed by atoms with Crippen molar-refractivity contribution in [3.63, 3.8) is 0 Å². The van der Waals surface area contributed by atoms with Crippen molar-refractivity contribution in [1.82, 2.24) is 15.4 Å². The summed E-state index contributed by atoms with van der Waals surface area (Å²) in [4.78, 5) is 26.0. The van der Waals surface area contributed by atoms with E-state index in [4.69, 9.17) is 4.52 Å². The zero-order valence-electron chi connectivity index (χ0n) is 11.8. The van der Waals surface area contributed by atoms with Gasteiger partial charge in [-0.2, -0.15) is 0 Å². The molecule has 1 aromatic carbocycles. The second-order valence-corrected chi connectivity index (χ2v) is 5.25. The molecule has 0 aliphatic carbocycles. The van der Waals surface area contributed by atoms with Crippen LogP contribution in [0, 0.1) is 6.92 Å². The van der Waals surface area contributed by atoms with Crippen LogP contribution in [-0.2, 0) is 16.9 Å². The Labute approximate surface area is 121 Å². The molecule has 0 radical (unpaired) electrons. The standard InChI is InChI=1S/C15H15N3O3/c1-10-5-3-4-6-12(10)15(2)13(19)18(14(20)16-15)9-11-7-8-21-17-11/h3-8H,9H2,1-2H3,(H,16,20). The minimum atomic E-state index is -1.05. The van der Waals surface area contributed by atoms with Crippen molar-refractivity contribution < 1.29 is 14.1 Å². The third-order valence-electron chi connectivity index (χ3n) is 3.77. The van der Waals surface area contributed by atoms with Crippen LogP contribution in [-0.4, -0.2) is 22.0 Å². The molecule has 3 amide bonds. The molecule has 1 atom stereocenters. The number of hydrogen-bond acceptors (Lipinski definition) is 4. The molecule has 2 aromatic rings. The van der Waals surface area contributed by atoms with Crippen molar-refractivity contribution >= 4 is 11.9 Å².